The highest BCUT2D eigenvalue weighted by atomic mass is 32.1. The summed E-state index contributed by atoms with van der Waals surface area (Å²) < 4.78 is 0. The predicted octanol–water partition coefficient (Wildman–Crippen LogP) is 2.59. The van der Waals surface area contributed by atoms with Crippen molar-refractivity contribution in [3.05, 3.63) is 82.4 Å². The molecule has 0 bridgehead atoms. The Bertz CT molecular complexity index is 1820. The molecule has 1 unspecified atom stereocenters. The standard InChI is InChI=1S/C31H31N9O3S/c41-26-7-4-21(17-34-26)28-24-16-25(44-31(24)37-36-28)30(43)35-22-8-11-38(18-22)19-27(42)40-14-12-39(13-15-40)23-5-2-20(3-6-23)29-32-9-1-10-33-29/h1-7,9-10,16-17,22H,8,11-15,18-19H2,(H,34,41)(H,35,43)(H,36,37). The first-order valence-corrected chi connectivity index (χ1v) is 15.4. The van der Waals surface area contributed by atoms with Gasteiger partial charge in [-0.1, -0.05) is 0 Å². The number of benzene rings is 1. The molecule has 2 aliphatic heterocycles. The van der Waals surface area contributed by atoms with Crippen LogP contribution >= 0.6 is 11.3 Å². The third-order valence-corrected chi connectivity index (χ3v) is 9.23. The molecule has 0 aliphatic carbocycles. The third kappa shape index (κ3) is 5.83. The zero-order valence-electron chi connectivity index (χ0n) is 23.9. The molecule has 2 amide bonds. The van der Waals surface area contributed by atoms with E-state index in [9.17, 15) is 14.4 Å². The first-order chi connectivity index (χ1) is 21.5. The smallest absolute Gasteiger partial charge is 0.261 e. The number of pyridine rings is 1. The maximum Gasteiger partial charge on any atom is 0.261 e. The molecule has 4 aromatic heterocycles. The van der Waals surface area contributed by atoms with Crippen LogP contribution in [0.4, 0.5) is 5.69 Å². The van der Waals surface area contributed by atoms with Gasteiger partial charge in [0.25, 0.3) is 5.91 Å². The lowest BCUT2D eigenvalue weighted by atomic mass is 10.1. The van der Waals surface area contributed by atoms with Gasteiger partial charge in [-0.05, 0) is 48.9 Å². The number of thiophene rings is 1. The van der Waals surface area contributed by atoms with Gasteiger partial charge in [0, 0.05) is 92.2 Å². The molecule has 0 spiro atoms. The Kier molecular flexibility index (Phi) is 7.62. The molecule has 5 aromatic rings. The normalized spacial score (nSPS) is 17.3. The number of hydrogen-bond donors (Lipinski definition) is 3. The lowest BCUT2D eigenvalue weighted by Gasteiger charge is -2.36. The lowest BCUT2D eigenvalue weighted by Crippen LogP contribution is -2.51. The second kappa shape index (κ2) is 12.0. The number of likely N-dealkylation sites (tertiary alicyclic amines) is 1. The van der Waals surface area contributed by atoms with Gasteiger partial charge in [-0.2, -0.15) is 5.10 Å². The van der Waals surface area contributed by atoms with Crippen molar-refractivity contribution < 1.29 is 9.59 Å². The maximum atomic E-state index is 13.1. The van der Waals surface area contributed by atoms with Gasteiger partial charge in [0.2, 0.25) is 11.5 Å². The first-order valence-electron chi connectivity index (χ1n) is 14.6. The SMILES string of the molecule is O=C(NC1CCN(CC(=O)N2CCN(c3ccc(-c4ncccn4)cc3)CC2)C1)c1cc2c(-c3ccc(=O)[nH]c3)[nH]nc2s1. The fourth-order valence-corrected chi connectivity index (χ4v) is 6.73. The van der Waals surface area contributed by atoms with Crippen LogP contribution in [0.3, 0.4) is 0 Å². The van der Waals surface area contributed by atoms with Crippen molar-refractivity contribution in [1.82, 2.24) is 40.3 Å². The number of aromatic nitrogens is 5. The van der Waals surface area contributed by atoms with E-state index in [-0.39, 0.29) is 23.4 Å². The van der Waals surface area contributed by atoms with Gasteiger partial charge >= 0.3 is 0 Å². The molecule has 2 aliphatic rings. The number of amides is 2. The van der Waals surface area contributed by atoms with Gasteiger partial charge < -0.3 is 20.1 Å². The number of nitrogens with zero attached hydrogens (tertiary/aromatic N) is 6. The van der Waals surface area contributed by atoms with E-state index in [4.69, 9.17) is 0 Å². The second-order valence-corrected chi connectivity index (χ2v) is 12.1. The molecule has 1 aromatic carbocycles. The topological polar surface area (TPSA) is 143 Å². The molecule has 1 atom stereocenters. The summed E-state index contributed by atoms with van der Waals surface area (Å²) in [6.45, 7) is 4.67. The summed E-state index contributed by atoms with van der Waals surface area (Å²) in [5.41, 5.74) is 3.48. The van der Waals surface area contributed by atoms with Crippen molar-refractivity contribution in [2.24, 2.45) is 0 Å². The second-order valence-electron chi connectivity index (χ2n) is 11.1. The summed E-state index contributed by atoms with van der Waals surface area (Å²) in [6.07, 6.45) is 5.90. The number of hydrogen-bond acceptors (Lipinski definition) is 9. The van der Waals surface area contributed by atoms with E-state index in [0.29, 0.717) is 36.9 Å². The van der Waals surface area contributed by atoms with E-state index in [1.807, 2.05) is 23.1 Å². The third-order valence-electron chi connectivity index (χ3n) is 8.20. The number of carbonyl (C=O) groups is 2. The molecule has 6 heterocycles. The van der Waals surface area contributed by atoms with E-state index in [2.05, 4.69) is 52.4 Å². The molecular formula is C31H31N9O3S. The number of aromatic amines is 2. The van der Waals surface area contributed by atoms with E-state index in [1.165, 1.54) is 17.4 Å². The Labute approximate surface area is 256 Å². The largest absolute Gasteiger partial charge is 0.368 e. The molecule has 0 radical (unpaired) electrons. The summed E-state index contributed by atoms with van der Waals surface area (Å²) in [4.78, 5) is 56.6. The fraction of sp³-hybridized carbons (Fsp3) is 0.290. The quantitative estimate of drug-likeness (QED) is 0.256. The van der Waals surface area contributed by atoms with E-state index in [1.54, 1.807) is 30.7 Å². The molecule has 3 N–H and O–H groups in total. The molecule has 2 saturated heterocycles. The van der Waals surface area contributed by atoms with Gasteiger partial charge in [0.05, 0.1) is 17.1 Å². The number of nitrogens with one attached hydrogen (secondary N) is 3. The molecule has 13 heteroatoms. The summed E-state index contributed by atoms with van der Waals surface area (Å²) in [5.74, 6) is 0.694. The monoisotopic (exact) mass is 609 g/mol. The van der Waals surface area contributed by atoms with Crippen LogP contribution in [-0.4, -0.2) is 98.6 Å². The summed E-state index contributed by atoms with van der Waals surface area (Å²) in [6, 6.07) is 15.0. The van der Waals surface area contributed by atoms with E-state index >= 15 is 0 Å². The van der Waals surface area contributed by atoms with Crippen LogP contribution in [0.1, 0.15) is 16.1 Å². The minimum Gasteiger partial charge on any atom is -0.368 e. The van der Waals surface area contributed by atoms with E-state index in [0.717, 1.165) is 58.8 Å². The fourth-order valence-electron chi connectivity index (χ4n) is 5.83. The highest BCUT2D eigenvalue weighted by Gasteiger charge is 2.29. The van der Waals surface area contributed by atoms with Gasteiger partial charge in [-0.25, -0.2) is 9.97 Å². The number of piperazine rings is 1. The van der Waals surface area contributed by atoms with Crippen LogP contribution < -0.4 is 15.8 Å². The zero-order valence-corrected chi connectivity index (χ0v) is 24.7. The maximum absolute atomic E-state index is 13.1. The molecule has 12 nitrogen and oxygen atoms in total. The molecule has 2 fully saturated rings. The number of fused-ring (bicyclic) bond motifs is 1. The van der Waals surface area contributed by atoms with Crippen LogP contribution in [0.15, 0.2) is 71.9 Å². The lowest BCUT2D eigenvalue weighted by molar-refractivity contribution is -0.132. The van der Waals surface area contributed by atoms with Crippen LogP contribution in [0, 0.1) is 0 Å². The van der Waals surface area contributed by atoms with Crippen molar-refractivity contribution in [2.75, 3.05) is 50.7 Å². The molecular weight excluding hydrogens is 578 g/mol. The number of H-pyrrole nitrogens is 2. The molecule has 224 valence electrons. The van der Waals surface area contributed by atoms with Gasteiger partial charge in [-0.3, -0.25) is 24.4 Å². The van der Waals surface area contributed by atoms with Gasteiger partial charge in [0.1, 0.15) is 4.83 Å². The number of anilines is 1. The summed E-state index contributed by atoms with van der Waals surface area (Å²) in [5, 5.41) is 11.3. The van der Waals surface area contributed by atoms with E-state index < -0.39 is 0 Å². The average Bonchev–Trinajstić information content (AvgIpc) is 3.79. The van der Waals surface area contributed by atoms with Crippen molar-refractivity contribution >= 4 is 39.1 Å². The minimum absolute atomic E-state index is 0.0222. The Morgan fingerprint density at radius 3 is 2.50 bits per heavy atom. The van der Waals surface area contributed by atoms with Gasteiger partial charge in [-0.15, -0.1) is 11.3 Å². The van der Waals surface area contributed by atoms with Crippen molar-refractivity contribution in [3.8, 4) is 22.6 Å². The summed E-state index contributed by atoms with van der Waals surface area (Å²) >= 11 is 1.33. The van der Waals surface area contributed by atoms with Crippen LogP contribution in [0.5, 0.6) is 0 Å². The Morgan fingerprint density at radius 2 is 1.75 bits per heavy atom. The van der Waals surface area contributed by atoms with Crippen molar-refractivity contribution in [3.63, 3.8) is 0 Å². The average molecular weight is 610 g/mol. The first kappa shape index (κ1) is 27.9. The Hall–Kier alpha value is -4.88. The summed E-state index contributed by atoms with van der Waals surface area (Å²) in [7, 11) is 0. The predicted molar refractivity (Wildman–Crippen MR) is 169 cm³/mol. The van der Waals surface area contributed by atoms with Crippen molar-refractivity contribution in [2.45, 2.75) is 12.5 Å². The van der Waals surface area contributed by atoms with Crippen LogP contribution in [0.2, 0.25) is 0 Å². The van der Waals surface area contributed by atoms with Crippen molar-refractivity contribution in [1.29, 1.82) is 0 Å². The molecule has 7 rings (SSSR count). The zero-order chi connectivity index (χ0) is 30.0. The van der Waals surface area contributed by atoms with Crippen LogP contribution in [-0.2, 0) is 4.79 Å². The Morgan fingerprint density at radius 1 is 0.977 bits per heavy atom. The minimum atomic E-state index is -0.178. The highest BCUT2D eigenvalue weighted by molar-refractivity contribution is 7.20. The molecule has 44 heavy (non-hydrogen) atoms. The number of carbonyl (C=O) groups excluding carboxylic acids is 2. The van der Waals surface area contributed by atoms with Gasteiger partial charge in [0.15, 0.2) is 5.82 Å². The molecule has 0 saturated carbocycles. The number of rotatable bonds is 7. The highest BCUT2D eigenvalue weighted by Crippen LogP contribution is 2.32. The van der Waals surface area contributed by atoms with Crippen LogP contribution in [0.25, 0.3) is 32.9 Å². The Balaban J connectivity index is 0.888.